The van der Waals surface area contributed by atoms with Crippen LogP contribution in [0.15, 0.2) is 42.5 Å². The van der Waals surface area contributed by atoms with Gasteiger partial charge in [0.15, 0.2) is 0 Å². The summed E-state index contributed by atoms with van der Waals surface area (Å²) in [6, 6.07) is 11.8. The Morgan fingerprint density at radius 1 is 0.673 bits per heavy atom. The lowest BCUT2D eigenvalue weighted by molar-refractivity contribution is -0.140. The Hall–Kier alpha value is -5.07. The fourth-order valence-electron chi connectivity index (χ4n) is 6.47. The molecule has 5 N–H and O–H groups in total. The summed E-state index contributed by atoms with van der Waals surface area (Å²) in [6.45, 7) is 3.41. The molecule has 0 atom stereocenters. The zero-order valence-electron chi connectivity index (χ0n) is 31.0. The van der Waals surface area contributed by atoms with Crippen LogP contribution in [-0.2, 0) is 30.4 Å². The van der Waals surface area contributed by atoms with Gasteiger partial charge in [-0.15, -0.1) is 0 Å². The third-order valence-electron chi connectivity index (χ3n) is 9.32. The largest absolute Gasteiger partial charge is 0.497 e. The van der Waals surface area contributed by atoms with E-state index in [1.807, 2.05) is 4.90 Å². The lowest BCUT2D eigenvalue weighted by atomic mass is 10.1. The predicted molar refractivity (Wildman–Crippen MR) is 203 cm³/mol. The molecule has 0 unspecified atom stereocenters. The number of carboxylic acids is 3. The van der Waals surface area contributed by atoms with E-state index in [0.717, 1.165) is 0 Å². The number of fused-ring (bicyclic) bond motifs is 1. The highest BCUT2D eigenvalue weighted by molar-refractivity contribution is 6.30. The SMILES string of the molecule is COc1ccc2c(c1)c(CC(=O)NCCNC(=O)CN1CCN(CC(=O)O)CCN(CC(=O)O)CCN(CC(=O)O)CC1)c(C)n2C(=O)c1ccc(Cl)cc1. The Balaban J connectivity index is 1.36. The molecule has 2 aromatic carbocycles. The van der Waals surface area contributed by atoms with Gasteiger partial charge >= 0.3 is 17.9 Å². The van der Waals surface area contributed by atoms with E-state index in [4.69, 9.17) is 16.3 Å². The fourth-order valence-corrected chi connectivity index (χ4v) is 6.59. The van der Waals surface area contributed by atoms with Gasteiger partial charge in [0.25, 0.3) is 5.91 Å². The molecule has 0 spiro atoms. The van der Waals surface area contributed by atoms with E-state index >= 15 is 0 Å². The van der Waals surface area contributed by atoms with Gasteiger partial charge in [-0.2, -0.15) is 0 Å². The number of nitrogens with one attached hydrogen (secondary N) is 2. The number of ether oxygens (including phenoxy) is 1. The molecule has 1 aliphatic heterocycles. The Kier molecular flexibility index (Phi) is 16.0. The standard InChI is InChI=1S/C37H48ClN7O10/c1-25-29(30-19-28(55-2)7-8-31(30)45(25)37(54)26-3-5-27(38)6-4-26)20-32(46)39-9-10-40-33(47)21-41-11-13-42(22-34(48)49)15-17-44(24-36(52)53)18-16-43(14-12-41)23-35(50)51/h3-8,19H,9-18,20-24H2,1-2H3,(H,39,46)(H,40,47)(H,48,49)(H,50,51)(H,52,53). The first-order valence-corrected chi connectivity index (χ1v) is 18.2. The highest BCUT2D eigenvalue weighted by Gasteiger charge is 2.23. The maximum Gasteiger partial charge on any atom is 0.317 e. The Morgan fingerprint density at radius 3 is 1.58 bits per heavy atom. The van der Waals surface area contributed by atoms with E-state index in [0.29, 0.717) is 51.6 Å². The highest BCUT2D eigenvalue weighted by atomic mass is 35.5. The highest BCUT2D eigenvalue weighted by Crippen LogP contribution is 2.31. The number of methoxy groups -OCH3 is 1. The molecule has 55 heavy (non-hydrogen) atoms. The molecular formula is C37H48ClN7O10. The van der Waals surface area contributed by atoms with E-state index < -0.39 is 17.9 Å². The average Bonchev–Trinajstić information content (AvgIpc) is 3.39. The summed E-state index contributed by atoms with van der Waals surface area (Å²) in [5.41, 5.74) is 2.29. The topological polar surface area (TPSA) is 214 Å². The Labute approximate surface area is 323 Å². The molecule has 3 aromatic rings. The number of aliphatic carboxylic acids is 3. The molecule has 1 fully saturated rings. The fraction of sp³-hybridized carbons (Fsp3) is 0.459. The van der Waals surface area contributed by atoms with Crippen molar-refractivity contribution >= 4 is 58.1 Å². The van der Waals surface area contributed by atoms with Crippen molar-refractivity contribution in [3.05, 3.63) is 64.3 Å². The second-order valence-corrected chi connectivity index (χ2v) is 13.7. The molecule has 0 aliphatic carbocycles. The van der Waals surface area contributed by atoms with Gasteiger partial charge in [-0.25, -0.2) is 0 Å². The maximum atomic E-state index is 13.6. The van der Waals surface area contributed by atoms with E-state index in [1.165, 1.54) is 7.11 Å². The normalized spacial score (nSPS) is 15.5. The minimum absolute atomic E-state index is 0.0358. The van der Waals surface area contributed by atoms with Crippen LogP contribution in [0.4, 0.5) is 0 Å². The lowest BCUT2D eigenvalue weighted by Crippen LogP contribution is -2.50. The molecule has 1 aromatic heterocycles. The van der Waals surface area contributed by atoms with Crippen molar-refractivity contribution in [3.63, 3.8) is 0 Å². The second-order valence-electron chi connectivity index (χ2n) is 13.3. The van der Waals surface area contributed by atoms with Gasteiger partial charge in [0.1, 0.15) is 5.75 Å². The monoisotopic (exact) mass is 785 g/mol. The molecule has 1 aliphatic rings. The number of benzene rings is 2. The zero-order valence-corrected chi connectivity index (χ0v) is 31.7. The van der Waals surface area contributed by atoms with Crippen molar-refractivity contribution in [2.75, 3.05) is 98.7 Å². The quantitative estimate of drug-likeness (QED) is 0.133. The molecule has 0 radical (unpaired) electrons. The maximum absolute atomic E-state index is 13.6. The number of carboxylic acid groups (broad SMARTS) is 3. The average molecular weight is 786 g/mol. The molecule has 1 saturated heterocycles. The van der Waals surface area contributed by atoms with Crippen molar-refractivity contribution in [1.29, 1.82) is 0 Å². The zero-order chi connectivity index (χ0) is 40.1. The number of carbonyl (C=O) groups is 6. The number of amides is 2. The number of hydrogen-bond donors (Lipinski definition) is 5. The van der Waals surface area contributed by atoms with Crippen LogP contribution >= 0.6 is 11.6 Å². The summed E-state index contributed by atoms with van der Waals surface area (Å²) in [4.78, 5) is 81.2. The molecule has 4 rings (SSSR count). The minimum atomic E-state index is -1.04. The van der Waals surface area contributed by atoms with Crippen LogP contribution in [0.1, 0.15) is 21.6 Å². The molecule has 17 nitrogen and oxygen atoms in total. The third kappa shape index (κ3) is 13.0. The van der Waals surface area contributed by atoms with Crippen LogP contribution in [-0.4, -0.2) is 174 Å². The second kappa shape index (κ2) is 20.6. The van der Waals surface area contributed by atoms with Gasteiger partial charge in [0.2, 0.25) is 11.8 Å². The van der Waals surface area contributed by atoms with Crippen LogP contribution in [0.3, 0.4) is 0 Å². The molecule has 298 valence electrons. The minimum Gasteiger partial charge on any atom is -0.497 e. The van der Waals surface area contributed by atoms with Gasteiger partial charge in [-0.05, 0) is 55.0 Å². The van der Waals surface area contributed by atoms with E-state index in [2.05, 4.69) is 10.6 Å². The van der Waals surface area contributed by atoms with Crippen molar-refractivity contribution in [1.82, 2.24) is 34.8 Å². The Morgan fingerprint density at radius 2 is 1.13 bits per heavy atom. The number of nitrogens with zero attached hydrogens (tertiary/aromatic N) is 5. The van der Waals surface area contributed by atoms with Crippen LogP contribution in [0, 0.1) is 6.92 Å². The summed E-state index contributed by atoms with van der Waals surface area (Å²) in [5, 5.41) is 35.0. The van der Waals surface area contributed by atoms with E-state index in [1.54, 1.807) is 68.7 Å². The number of halogens is 1. The molecule has 0 bridgehead atoms. The van der Waals surface area contributed by atoms with Crippen LogP contribution in [0.2, 0.25) is 5.02 Å². The molecule has 2 heterocycles. The summed E-state index contributed by atoms with van der Waals surface area (Å²) in [5.74, 6) is -3.48. The molecular weight excluding hydrogens is 738 g/mol. The molecule has 18 heteroatoms. The Bertz CT molecular complexity index is 1820. The number of hydrogen-bond acceptors (Lipinski definition) is 11. The third-order valence-corrected chi connectivity index (χ3v) is 9.57. The van der Waals surface area contributed by atoms with E-state index in [9.17, 15) is 44.1 Å². The summed E-state index contributed by atoms with van der Waals surface area (Å²) in [7, 11) is 1.53. The van der Waals surface area contributed by atoms with Crippen molar-refractivity contribution in [3.8, 4) is 5.75 Å². The van der Waals surface area contributed by atoms with Gasteiger partial charge < -0.3 is 30.7 Å². The molecule has 2 amide bonds. The first kappa shape index (κ1) is 42.7. The van der Waals surface area contributed by atoms with Crippen molar-refractivity contribution in [2.45, 2.75) is 13.3 Å². The van der Waals surface area contributed by atoms with Gasteiger partial charge in [0.05, 0.1) is 45.2 Å². The van der Waals surface area contributed by atoms with Crippen molar-refractivity contribution in [2.24, 2.45) is 0 Å². The van der Waals surface area contributed by atoms with Crippen molar-refractivity contribution < 1.29 is 48.8 Å². The van der Waals surface area contributed by atoms with Crippen LogP contribution in [0.25, 0.3) is 10.9 Å². The number of carbonyl (C=O) groups excluding carboxylic acids is 3. The summed E-state index contributed by atoms with van der Waals surface area (Å²) < 4.78 is 6.98. The smallest absolute Gasteiger partial charge is 0.317 e. The number of aromatic nitrogens is 1. The van der Waals surface area contributed by atoms with Crippen LogP contribution < -0.4 is 15.4 Å². The molecule has 0 saturated carbocycles. The first-order valence-electron chi connectivity index (χ1n) is 17.8. The summed E-state index contributed by atoms with van der Waals surface area (Å²) >= 11 is 6.03. The first-order chi connectivity index (χ1) is 26.2. The van der Waals surface area contributed by atoms with Gasteiger partial charge in [0, 0.05) is 87.1 Å². The van der Waals surface area contributed by atoms with Gasteiger partial charge in [-0.1, -0.05) is 11.6 Å². The predicted octanol–water partition coefficient (Wildman–Crippen LogP) is 0.551. The summed E-state index contributed by atoms with van der Waals surface area (Å²) in [6.07, 6.45) is -0.0358. The van der Waals surface area contributed by atoms with Gasteiger partial charge in [-0.3, -0.25) is 52.9 Å². The lowest BCUT2D eigenvalue weighted by Gasteiger charge is -2.32. The van der Waals surface area contributed by atoms with E-state index in [-0.39, 0.29) is 103 Å². The number of rotatable bonds is 15. The van der Waals surface area contributed by atoms with Crippen LogP contribution in [0.5, 0.6) is 5.75 Å².